The molecule has 2 heterocycles. The van der Waals surface area contributed by atoms with Gasteiger partial charge in [-0.3, -0.25) is 4.79 Å². The zero-order chi connectivity index (χ0) is 20.1. The number of benzene rings is 2. The first-order chi connectivity index (χ1) is 14.2. The number of hydrogen-bond donors (Lipinski definition) is 1. The zero-order valence-electron chi connectivity index (χ0n) is 16.0. The van der Waals surface area contributed by atoms with Crippen LogP contribution >= 0.6 is 11.3 Å². The highest BCUT2D eigenvalue weighted by Gasteiger charge is 2.18. The highest BCUT2D eigenvalue weighted by Crippen LogP contribution is 2.25. The normalized spacial score (nSPS) is 11.9. The van der Waals surface area contributed by atoms with Crippen molar-refractivity contribution < 1.29 is 4.79 Å². The third kappa shape index (κ3) is 4.57. The van der Waals surface area contributed by atoms with Crippen molar-refractivity contribution in [1.82, 2.24) is 25.5 Å². The summed E-state index contributed by atoms with van der Waals surface area (Å²) in [5.41, 5.74) is 3.17. The molecule has 4 rings (SSSR count). The number of carbonyl (C=O) groups is 1. The summed E-state index contributed by atoms with van der Waals surface area (Å²) in [6.07, 6.45) is 0.980. The Morgan fingerprint density at radius 1 is 1.07 bits per heavy atom. The number of amides is 1. The van der Waals surface area contributed by atoms with Crippen LogP contribution in [0.25, 0.3) is 11.4 Å². The minimum atomic E-state index is -0.201. The summed E-state index contributed by atoms with van der Waals surface area (Å²) in [4.78, 5) is 15.1. The number of nitrogens with one attached hydrogen (secondary N) is 1. The first-order valence-corrected chi connectivity index (χ1v) is 10.4. The molecule has 0 aliphatic heterocycles. The number of thiophene rings is 1. The van der Waals surface area contributed by atoms with E-state index >= 15 is 0 Å². The Morgan fingerprint density at radius 2 is 1.86 bits per heavy atom. The van der Waals surface area contributed by atoms with Crippen LogP contribution in [-0.4, -0.2) is 26.1 Å². The van der Waals surface area contributed by atoms with Crippen molar-refractivity contribution in [2.45, 2.75) is 25.9 Å². The van der Waals surface area contributed by atoms with Gasteiger partial charge in [-0.15, -0.1) is 21.5 Å². The predicted octanol–water partition coefficient (Wildman–Crippen LogP) is 3.87. The molecule has 0 saturated carbocycles. The fourth-order valence-electron chi connectivity index (χ4n) is 3.07. The molecule has 0 aliphatic carbocycles. The van der Waals surface area contributed by atoms with Crippen molar-refractivity contribution in [2.75, 3.05) is 0 Å². The summed E-state index contributed by atoms with van der Waals surface area (Å²) in [7, 11) is 0. The van der Waals surface area contributed by atoms with Crippen molar-refractivity contribution in [1.29, 1.82) is 0 Å². The maximum atomic E-state index is 12.7. The van der Waals surface area contributed by atoms with Crippen molar-refractivity contribution >= 4 is 17.2 Å². The molecule has 0 unspecified atom stereocenters. The fourth-order valence-corrected chi connectivity index (χ4v) is 3.87. The minimum Gasteiger partial charge on any atom is -0.343 e. The van der Waals surface area contributed by atoms with Crippen LogP contribution in [0.2, 0.25) is 0 Å². The number of tetrazole rings is 1. The monoisotopic (exact) mass is 403 g/mol. The molecule has 1 N–H and O–H groups in total. The number of aryl methyl sites for hydroxylation is 1. The lowest BCUT2D eigenvalue weighted by atomic mass is 10.1. The van der Waals surface area contributed by atoms with E-state index in [-0.39, 0.29) is 18.5 Å². The Hall–Kier alpha value is -3.32. The quantitative estimate of drug-likeness (QED) is 0.508. The highest BCUT2D eigenvalue weighted by atomic mass is 32.1. The molecule has 4 aromatic rings. The van der Waals surface area contributed by atoms with Gasteiger partial charge in [0.25, 0.3) is 0 Å². The smallest absolute Gasteiger partial charge is 0.244 e. The molecule has 0 aliphatic rings. The van der Waals surface area contributed by atoms with E-state index in [4.69, 9.17) is 0 Å². The van der Waals surface area contributed by atoms with E-state index in [1.165, 1.54) is 10.4 Å². The van der Waals surface area contributed by atoms with Gasteiger partial charge in [0, 0.05) is 10.4 Å². The van der Waals surface area contributed by atoms with Crippen LogP contribution in [-0.2, 0) is 17.8 Å². The maximum absolute atomic E-state index is 12.7. The maximum Gasteiger partial charge on any atom is 0.244 e. The molecular weight excluding hydrogens is 382 g/mol. The molecule has 6 nitrogen and oxygen atoms in total. The Labute approximate surface area is 173 Å². The molecule has 1 atom stereocenters. The number of carbonyl (C=O) groups excluding carboxylic acids is 1. The third-order valence-corrected chi connectivity index (χ3v) is 5.56. The summed E-state index contributed by atoms with van der Waals surface area (Å²) >= 11 is 1.61. The first-order valence-electron chi connectivity index (χ1n) is 9.48. The van der Waals surface area contributed by atoms with E-state index in [1.54, 1.807) is 11.3 Å². The van der Waals surface area contributed by atoms with Crippen LogP contribution in [0.15, 0.2) is 72.1 Å². The van der Waals surface area contributed by atoms with Crippen molar-refractivity contribution in [3.8, 4) is 11.4 Å². The van der Waals surface area contributed by atoms with Crippen LogP contribution in [0.4, 0.5) is 0 Å². The molecule has 29 heavy (non-hydrogen) atoms. The van der Waals surface area contributed by atoms with Gasteiger partial charge in [-0.05, 0) is 34.2 Å². The van der Waals surface area contributed by atoms with E-state index in [2.05, 4.69) is 27.7 Å². The molecule has 0 fully saturated rings. The molecule has 146 valence electrons. The second-order valence-electron chi connectivity index (χ2n) is 6.62. The lowest BCUT2D eigenvalue weighted by Crippen LogP contribution is -2.32. The van der Waals surface area contributed by atoms with Gasteiger partial charge in [-0.25, -0.2) is 0 Å². The lowest BCUT2D eigenvalue weighted by Gasteiger charge is -2.17. The topological polar surface area (TPSA) is 72.7 Å². The molecule has 2 aromatic carbocycles. The number of hydrogen-bond acceptors (Lipinski definition) is 5. The Bertz CT molecular complexity index is 1060. The van der Waals surface area contributed by atoms with E-state index in [9.17, 15) is 4.79 Å². The van der Waals surface area contributed by atoms with Gasteiger partial charge in [0.15, 0.2) is 0 Å². The van der Waals surface area contributed by atoms with Gasteiger partial charge in [0.05, 0.1) is 6.04 Å². The molecule has 1 amide bonds. The Morgan fingerprint density at radius 3 is 2.55 bits per heavy atom. The van der Waals surface area contributed by atoms with E-state index in [0.29, 0.717) is 5.82 Å². The predicted molar refractivity (Wildman–Crippen MR) is 113 cm³/mol. The van der Waals surface area contributed by atoms with Crippen LogP contribution < -0.4 is 5.32 Å². The third-order valence-electron chi connectivity index (χ3n) is 4.62. The molecule has 0 bridgehead atoms. The number of nitrogens with zero attached hydrogens (tertiary/aromatic N) is 4. The van der Waals surface area contributed by atoms with E-state index in [0.717, 1.165) is 22.4 Å². The fraction of sp³-hybridized carbons (Fsp3) is 0.182. The van der Waals surface area contributed by atoms with Gasteiger partial charge in [0.1, 0.15) is 6.54 Å². The summed E-state index contributed by atoms with van der Waals surface area (Å²) in [5.74, 6) is 0.343. The van der Waals surface area contributed by atoms with Crippen LogP contribution in [0.3, 0.4) is 0 Å². The van der Waals surface area contributed by atoms with Crippen molar-refractivity contribution in [3.05, 3.63) is 88.1 Å². The zero-order valence-corrected chi connectivity index (χ0v) is 16.8. The molecule has 0 radical (unpaired) electrons. The van der Waals surface area contributed by atoms with Crippen LogP contribution in [0.1, 0.15) is 29.0 Å². The first kappa shape index (κ1) is 19.0. The van der Waals surface area contributed by atoms with Crippen molar-refractivity contribution in [2.24, 2.45) is 0 Å². The molecular formula is C22H21N5OS. The SMILES string of the molecule is CCc1ccc(-c2nnn(CC(=O)N[C@@H](c3ccccc3)c3cccs3)n2)cc1. The number of rotatable bonds is 7. The second kappa shape index (κ2) is 8.79. The summed E-state index contributed by atoms with van der Waals surface area (Å²) in [5, 5.41) is 17.6. The molecule has 0 saturated heterocycles. The van der Waals surface area contributed by atoms with Crippen LogP contribution in [0.5, 0.6) is 0 Å². The molecule has 7 heteroatoms. The summed E-state index contributed by atoms with van der Waals surface area (Å²) < 4.78 is 0. The van der Waals surface area contributed by atoms with Gasteiger partial charge in [0.2, 0.25) is 11.7 Å². The average Bonchev–Trinajstić information content (AvgIpc) is 3.45. The Balaban J connectivity index is 1.46. The number of aromatic nitrogens is 4. The molecule has 0 spiro atoms. The largest absolute Gasteiger partial charge is 0.343 e. The summed E-state index contributed by atoms with van der Waals surface area (Å²) in [6, 6.07) is 21.8. The average molecular weight is 404 g/mol. The van der Waals surface area contributed by atoms with Gasteiger partial charge < -0.3 is 5.32 Å². The highest BCUT2D eigenvalue weighted by molar-refractivity contribution is 7.10. The van der Waals surface area contributed by atoms with Crippen LogP contribution in [0, 0.1) is 0 Å². The van der Waals surface area contributed by atoms with E-state index < -0.39 is 0 Å². The second-order valence-corrected chi connectivity index (χ2v) is 7.60. The lowest BCUT2D eigenvalue weighted by molar-refractivity contribution is -0.122. The standard InChI is InChI=1S/C22H21N5OS/c1-2-16-10-12-18(13-11-16)22-24-26-27(25-22)15-20(28)23-21(19-9-6-14-29-19)17-7-4-3-5-8-17/h3-14,21H,2,15H2,1H3,(H,23,28)/t21-/m0/s1. The van der Waals surface area contributed by atoms with Gasteiger partial charge in [-0.2, -0.15) is 4.80 Å². The van der Waals surface area contributed by atoms with E-state index in [1.807, 2.05) is 72.1 Å². The molecule has 2 aromatic heterocycles. The Kier molecular flexibility index (Phi) is 5.76. The minimum absolute atomic E-state index is 0.00868. The van der Waals surface area contributed by atoms with Gasteiger partial charge in [-0.1, -0.05) is 67.6 Å². The summed E-state index contributed by atoms with van der Waals surface area (Å²) in [6.45, 7) is 2.12. The van der Waals surface area contributed by atoms with Crippen molar-refractivity contribution in [3.63, 3.8) is 0 Å². The van der Waals surface area contributed by atoms with Gasteiger partial charge >= 0.3 is 0 Å².